The molecular weight excluding hydrogens is 452 g/mol. The lowest BCUT2D eigenvalue weighted by atomic mass is 10.3. The van der Waals surface area contributed by atoms with Gasteiger partial charge in [0.25, 0.3) is 0 Å². The number of nitrogens with zero attached hydrogens (tertiary/aromatic N) is 7. The minimum Gasteiger partial charge on any atom is -0.378 e. The normalized spacial score (nSPS) is 14.4. The van der Waals surface area contributed by atoms with Gasteiger partial charge in [-0.1, -0.05) is 0 Å². The third-order valence-corrected chi connectivity index (χ3v) is 6.09. The third-order valence-electron chi connectivity index (χ3n) is 5.32. The van der Waals surface area contributed by atoms with Crippen molar-refractivity contribution in [3.8, 4) is 5.13 Å². The number of anilines is 2. The molecule has 0 atom stereocenters. The van der Waals surface area contributed by atoms with E-state index in [1.54, 1.807) is 12.5 Å². The first kappa shape index (κ1) is 19.9. The molecule has 5 heterocycles. The molecular formula is C20H17F2N9OS. The van der Waals surface area contributed by atoms with Crippen LogP contribution in [-0.4, -0.2) is 60.8 Å². The van der Waals surface area contributed by atoms with E-state index in [2.05, 4.69) is 25.3 Å². The number of thiazole rings is 1. The van der Waals surface area contributed by atoms with E-state index in [0.717, 1.165) is 11.2 Å². The fraction of sp³-hybridized carbons (Fsp3) is 0.250. The van der Waals surface area contributed by atoms with Crippen molar-refractivity contribution in [2.24, 2.45) is 0 Å². The van der Waals surface area contributed by atoms with Crippen LogP contribution in [-0.2, 0) is 11.3 Å². The molecule has 1 saturated heterocycles. The minimum absolute atomic E-state index is 0.0401. The molecule has 33 heavy (non-hydrogen) atoms. The van der Waals surface area contributed by atoms with Gasteiger partial charge in [0.2, 0.25) is 5.95 Å². The van der Waals surface area contributed by atoms with E-state index in [0.29, 0.717) is 60.6 Å². The smallest absolute Gasteiger partial charge is 0.229 e. The van der Waals surface area contributed by atoms with Gasteiger partial charge in [0.15, 0.2) is 33.7 Å². The summed E-state index contributed by atoms with van der Waals surface area (Å²) in [5.74, 6) is -0.424. The maximum Gasteiger partial charge on any atom is 0.229 e. The molecule has 0 amide bonds. The number of halogens is 2. The number of ether oxygens (including phenoxy) is 1. The van der Waals surface area contributed by atoms with Crippen LogP contribution in [0.4, 0.5) is 20.5 Å². The van der Waals surface area contributed by atoms with Crippen LogP contribution >= 0.6 is 11.3 Å². The Balaban J connectivity index is 1.38. The SMILES string of the molecule is Fc1ccc2[nH]c(CNc3nc(N4CCOCC4)nc4c3ncn4-c3nccs3)nc2c1F. The molecule has 0 aliphatic carbocycles. The van der Waals surface area contributed by atoms with Gasteiger partial charge in [0.1, 0.15) is 17.7 Å². The van der Waals surface area contributed by atoms with Gasteiger partial charge in [-0.3, -0.25) is 4.57 Å². The standard InChI is InChI=1S/C20H17F2N9OS/c21-11-1-2-12-15(14(11)22)27-13(26-12)9-24-17-16-18(31(10-25-16)20-23-3-8-33-20)29-19(28-17)30-4-6-32-7-5-30/h1-3,8,10H,4-7,9H2,(H,26,27)(H,24,28,29). The lowest BCUT2D eigenvalue weighted by molar-refractivity contribution is 0.122. The summed E-state index contributed by atoms with van der Waals surface area (Å²) < 4.78 is 34.8. The molecule has 1 aliphatic rings. The van der Waals surface area contributed by atoms with Crippen molar-refractivity contribution in [1.82, 2.24) is 34.5 Å². The van der Waals surface area contributed by atoms with Gasteiger partial charge in [0, 0.05) is 24.7 Å². The zero-order chi connectivity index (χ0) is 22.4. The number of morpholine rings is 1. The highest BCUT2D eigenvalue weighted by atomic mass is 32.1. The summed E-state index contributed by atoms with van der Waals surface area (Å²) in [4.78, 5) is 27.6. The summed E-state index contributed by atoms with van der Waals surface area (Å²) in [5, 5.41) is 5.85. The molecule has 0 saturated carbocycles. The minimum atomic E-state index is -0.976. The highest BCUT2D eigenvalue weighted by Gasteiger charge is 2.21. The van der Waals surface area contributed by atoms with Gasteiger partial charge in [-0.2, -0.15) is 9.97 Å². The number of aromatic nitrogens is 7. The van der Waals surface area contributed by atoms with Crippen LogP contribution in [0.3, 0.4) is 0 Å². The molecule has 4 aromatic heterocycles. The van der Waals surface area contributed by atoms with E-state index in [1.807, 2.05) is 14.8 Å². The third kappa shape index (κ3) is 3.54. The van der Waals surface area contributed by atoms with Crippen molar-refractivity contribution in [3.05, 3.63) is 47.5 Å². The summed E-state index contributed by atoms with van der Waals surface area (Å²) in [5.41, 5.74) is 1.56. The zero-order valence-electron chi connectivity index (χ0n) is 17.1. The molecule has 1 aromatic carbocycles. The lowest BCUT2D eigenvalue weighted by Crippen LogP contribution is -2.37. The lowest BCUT2D eigenvalue weighted by Gasteiger charge is -2.27. The first-order valence-corrected chi connectivity index (χ1v) is 11.1. The Morgan fingerprint density at radius 3 is 2.79 bits per heavy atom. The largest absolute Gasteiger partial charge is 0.378 e. The highest BCUT2D eigenvalue weighted by molar-refractivity contribution is 7.12. The Hall–Kier alpha value is -3.71. The van der Waals surface area contributed by atoms with Gasteiger partial charge in [-0.05, 0) is 12.1 Å². The highest BCUT2D eigenvalue weighted by Crippen LogP contribution is 2.27. The maximum absolute atomic E-state index is 14.0. The molecule has 0 bridgehead atoms. The Labute approximate surface area is 189 Å². The van der Waals surface area contributed by atoms with Crippen LogP contribution in [0.5, 0.6) is 0 Å². The monoisotopic (exact) mass is 469 g/mol. The second-order valence-corrected chi connectivity index (χ2v) is 8.24. The molecule has 0 unspecified atom stereocenters. The molecule has 1 aliphatic heterocycles. The van der Waals surface area contributed by atoms with Crippen LogP contribution < -0.4 is 10.2 Å². The van der Waals surface area contributed by atoms with Gasteiger partial charge < -0.3 is 19.9 Å². The van der Waals surface area contributed by atoms with E-state index < -0.39 is 11.6 Å². The molecule has 0 spiro atoms. The predicted octanol–water partition coefficient (Wildman–Crippen LogP) is 2.88. The predicted molar refractivity (Wildman–Crippen MR) is 119 cm³/mol. The second kappa shape index (κ2) is 8.01. The molecule has 1 fully saturated rings. The molecule has 10 nitrogen and oxygen atoms in total. The van der Waals surface area contributed by atoms with Crippen molar-refractivity contribution in [2.45, 2.75) is 6.54 Å². The number of nitrogens with one attached hydrogen (secondary N) is 2. The number of H-pyrrole nitrogens is 1. The van der Waals surface area contributed by atoms with Crippen LogP contribution in [0.1, 0.15) is 5.82 Å². The number of benzene rings is 1. The Morgan fingerprint density at radius 2 is 1.97 bits per heavy atom. The van der Waals surface area contributed by atoms with Gasteiger partial charge >= 0.3 is 0 Å². The molecule has 2 N–H and O–H groups in total. The van der Waals surface area contributed by atoms with Crippen LogP contribution in [0.2, 0.25) is 0 Å². The Morgan fingerprint density at radius 1 is 1.09 bits per heavy atom. The number of hydrogen-bond acceptors (Lipinski definition) is 9. The summed E-state index contributed by atoms with van der Waals surface area (Å²) in [6.07, 6.45) is 3.38. The van der Waals surface area contributed by atoms with Crippen molar-refractivity contribution in [1.29, 1.82) is 0 Å². The molecule has 168 valence electrons. The molecule has 13 heteroatoms. The quantitative estimate of drug-likeness (QED) is 0.404. The number of fused-ring (bicyclic) bond motifs is 2. The average Bonchev–Trinajstić information content (AvgIpc) is 3.60. The number of imidazole rings is 2. The van der Waals surface area contributed by atoms with Gasteiger partial charge in [-0.15, -0.1) is 11.3 Å². The zero-order valence-corrected chi connectivity index (χ0v) is 17.9. The van der Waals surface area contributed by atoms with Crippen LogP contribution in [0.25, 0.3) is 27.3 Å². The van der Waals surface area contributed by atoms with E-state index in [9.17, 15) is 8.78 Å². The topological polar surface area (TPSA) is 110 Å². The van der Waals surface area contributed by atoms with E-state index in [4.69, 9.17) is 14.7 Å². The fourth-order valence-electron chi connectivity index (χ4n) is 3.71. The van der Waals surface area contributed by atoms with Crippen LogP contribution in [0.15, 0.2) is 30.0 Å². The first-order chi connectivity index (χ1) is 16.2. The van der Waals surface area contributed by atoms with E-state index in [-0.39, 0.29) is 12.1 Å². The summed E-state index contributed by atoms with van der Waals surface area (Å²) >= 11 is 1.47. The van der Waals surface area contributed by atoms with Crippen molar-refractivity contribution < 1.29 is 13.5 Å². The van der Waals surface area contributed by atoms with Gasteiger partial charge in [-0.25, -0.2) is 23.7 Å². The Bertz CT molecular complexity index is 1440. The summed E-state index contributed by atoms with van der Waals surface area (Å²) in [6.45, 7) is 2.73. The number of rotatable bonds is 5. The molecule has 6 rings (SSSR count). The summed E-state index contributed by atoms with van der Waals surface area (Å²) in [6, 6.07) is 2.53. The average molecular weight is 469 g/mol. The Kier molecular flexibility index (Phi) is 4.84. The van der Waals surface area contributed by atoms with E-state index in [1.165, 1.54) is 17.4 Å². The van der Waals surface area contributed by atoms with Crippen LogP contribution in [0, 0.1) is 11.6 Å². The first-order valence-electron chi connectivity index (χ1n) is 10.2. The van der Waals surface area contributed by atoms with E-state index >= 15 is 0 Å². The number of hydrogen-bond donors (Lipinski definition) is 2. The maximum atomic E-state index is 14.0. The number of aromatic amines is 1. The molecule has 0 radical (unpaired) electrons. The van der Waals surface area contributed by atoms with Crippen molar-refractivity contribution in [2.75, 3.05) is 36.5 Å². The molecule has 5 aromatic rings. The fourth-order valence-corrected chi connectivity index (χ4v) is 4.32. The summed E-state index contributed by atoms with van der Waals surface area (Å²) in [7, 11) is 0. The van der Waals surface area contributed by atoms with Gasteiger partial charge in [0.05, 0.1) is 25.3 Å². The van der Waals surface area contributed by atoms with Crippen molar-refractivity contribution in [3.63, 3.8) is 0 Å². The second-order valence-electron chi connectivity index (χ2n) is 7.37. The van der Waals surface area contributed by atoms with Crippen molar-refractivity contribution >= 4 is 45.3 Å².